The van der Waals surface area contributed by atoms with Crippen molar-refractivity contribution in [1.29, 1.82) is 5.26 Å². The highest BCUT2D eigenvalue weighted by Crippen LogP contribution is 2.29. The second kappa shape index (κ2) is 6.07. The quantitative estimate of drug-likeness (QED) is 0.824. The van der Waals surface area contributed by atoms with E-state index in [4.69, 9.17) is 0 Å². The molecule has 2 rings (SSSR count). The summed E-state index contributed by atoms with van der Waals surface area (Å²) >= 11 is 3.54. The first kappa shape index (κ1) is 12.4. The molecule has 1 aromatic carbocycles. The van der Waals surface area contributed by atoms with Crippen LogP contribution in [0, 0.1) is 17.2 Å². The van der Waals surface area contributed by atoms with Crippen LogP contribution in [0.3, 0.4) is 0 Å². The van der Waals surface area contributed by atoms with Crippen molar-refractivity contribution in [2.24, 2.45) is 5.92 Å². The number of anilines is 1. The molecule has 2 nitrogen and oxygen atoms in total. The van der Waals surface area contributed by atoms with E-state index in [0.29, 0.717) is 6.04 Å². The van der Waals surface area contributed by atoms with Gasteiger partial charge >= 0.3 is 0 Å². The summed E-state index contributed by atoms with van der Waals surface area (Å²) in [7, 11) is 0. The highest BCUT2D eigenvalue weighted by Gasteiger charge is 2.23. The summed E-state index contributed by atoms with van der Waals surface area (Å²) in [5, 5.41) is 12.8. The van der Waals surface area contributed by atoms with Gasteiger partial charge in [-0.05, 0) is 40.9 Å². The molecule has 1 N–H and O–H groups in total. The summed E-state index contributed by atoms with van der Waals surface area (Å²) in [5.41, 5.74) is 1.10. The van der Waals surface area contributed by atoms with E-state index in [0.717, 1.165) is 23.0 Å². The fraction of sp³-hybridized carbons (Fsp3) is 0.500. The van der Waals surface area contributed by atoms with E-state index in [9.17, 15) is 5.26 Å². The van der Waals surface area contributed by atoms with Crippen LogP contribution in [-0.2, 0) is 0 Å². The molecule has 2 atom stereocenters. The predicted octanol–water partition coefficient (Wildman–Crippen LogP) is 4.33. The number of nitrogens with one attached hydrogen (secondary N) is 1. The fourth-order valence-electron chi connectivity index (χ4n) is 2.41. The molecular formula is C14H17BrN2. The second-order valence-corrected chi connectivity index (χ2v) is 5.46. The van der Waals surface area contributed by atoms with E-state index < -0.39 is 0 Å². The number of para-hydroxylation sites is 1. The smallest absolute Gasteiger partial charge is 0.0677 e. The Balaban J connectivity index is 2.10. The summed E-state index contributed by atoms with van der Waals surface area (Å²) in [6.45, 7) is 0. The molecule has 17 heavy (non-hydrogen) atoms. The number of hydrogen-bond acceptors (Lipinski definition) is 2. The maximum atomic E-state index is 9.23. The summed E-state index contributed by atoms with van der Waals surface area (Å²) in [4.78, 5) is 0. The molecule has 1 aliphatic carbocycles. The molecule has 1 aliphatic rings. The number of benzene rings is 1. The lowest BCUT2D eigenvalue weighted by atomic mass is 9.96. The summed E-state index contributed by atoms with van der Waals surface area (Å²) in [6.07, 6.45) is 5.79. The second-order valence-electron chi connectivity index (χ2n) is 4.60. The molecule has 2 unspecified atom stereocenters. The van der Waals surface area contributed by atoms with Crippen LogP contribution >= 0.6 is 15.9 Å². The number of halogens is 1. The fourth-order valence-corrected chi connectivity index (χ4v) is 2.81. The van der Waals surface area contributed by atoms with Crippen molar-refractivity contribution in [2.75, 3.05) is 5.32 Å². The number of nitrogens with zero attached hydrogens (tertiary/aromatic N) is 1. The maximum Gasteiger partial charge on any atom is 0.0677 e. The summed E-state index contributed by atoms with van der Waals surface area (Å²) in [5.74, 6) is 0.143. The Kier molecular flexibility index (Phi) is 4.44. The average Bonchev–Trinajstić information content (AvgIpc) is 2.57. The number of hydrogen-bond donors (Lipinski definition) is 1. The monoisotopic (exact) mass is 292 g/mol. The molecule has 0 amide bonds. The van der Waals surface area contributed by atoms with Crippen molar-refractivity contribution in [1.82, 2.24) is 0 Å². The van der Waals surface area contributed by atoms with Crippen molar-refractivity contribution < 1.29 is 0 Å². The normalized spacial score (nSPS) is 24.7. The first-order valence-corrected chi connectivity index (χ1v) is 7.01. The van der Waals surface area contributed by atoms with E-state index >= 15 is 0 Å². The molecule has 0 bridgehead atoms. The van der Waals surface area contributed by atoms with Crippen LogP contribution in [0.4, 0.5) is 5.69 Å². The SMILES string of the molecule is N#CC1CCCCCC1Nc1ccccc1Br. The summed E-state index contributed by atoms with van der Waals surface area (Å²) < 4.78 is 1.07. The molecule has 0 aliphatic heterocycles. The van der Waals surface area contributed by atoms with E-state index in [1.165, 1.54) is 19.3 Å². The lowest BCUT2D eigenvalue weighted by Gasteiger charge is -2.22. The lowest BCUT2D eigenvalue weighted by molar-refractivity contribution is 0.514. The minimum absolute atomic E-state index is 0.143. The molecule has 0 aromatic heterocycles. The Morgan fingerprint density at radius 3 is 2.71 bits per heavy atom. The average molecular weight is 293 g/mol. The van der Waals surface area contributed by atoms with Gasteiger partial charge in [-0.1, -0.05) is 31.4 Å². The minimum atomic E-state index is 0.143. The zero-order valence-electron chi connectivity index (χ0n) is 9.82. The molecular weight excluding hydrogens is 276 g/mol. The Hall–Kier alpha value is -1.01. The van der Waals surface area contributed by atoms with Gasteiger partial charge in [-0.3, -0.25) is 0 Å². The molecule has 0 radical (unpaired) electrons. The Labute approximate surface area is 111 Å². The third kappa shape index (κ3) is 3.23. The molecule has 0 heterocycles. The van der Waals surface area contributed by atoms with Crippen molar-refractivity contribution in [2.45, 2.75) is 38.1 Å². The van der Waals surface area contributed by atoms with E-state index in [1.807, 2.05) is 18.2 Å². The molecule has 0 saturated heterocycles. The highest BCUT2D eigenvalue weighted by molar-refractivity contribution is 9.10. The maximum absolute atomic E-state index is 9.23. The molecule has 1 aromatic rings. The van der Waals surface area contributed by atoms with Crippen LogP contribution in [0.1, 0.15) is 32.1 Å². The highest BCUT2D eigenvalue weighted by atomic mass is 79.9. The molecule has 90 valence electrons. The largest absolute Gasteiger partial charge is 0.380 e. The number of rotatable bonds is 2. The van der Waals surface area contributed by atoms with Gasteiger partial charge in [0.05, 0.1) is 12.0 Å². The van der Waals surface area contributed by atoms with Crippen LogP contribution < -0.4 is 5.32 Å². The Morgan fingerprint density at radius 2 is 1.94 bits per heavy atom. The van der Waals surface area contributed by atoms with Gasteiger partial charge in [0.15, 0.2) is 0 Å². The van der Waals surface area contributed by atoms with Crippen molar-refractivity contribution in [3.63, 3.8) is 0 Å². The number of nitriles is 1. The molecule has 1 saturated carbocycles. The van der Waals surface area contributed by atoms with Crippen LogP contribution in [0.15, 0.2) is 28.7 Å². The van der Waals surface area contributed by atoms with Gasteiger partial charge in [0, 0.05) is 16.2 Å². The zero-order valence-corrected chi connectivity index (χ0v) is 11.4. The van der Waals surface area contributed by atoms with E-state index in [2.05, 4.69) is 33.4 Å². The van der Waals surface area contributed by atoms with Crippen LogP contribution in [0.5, 0.6) is 0 Å². The standard InChI is InChI=1S/C14H17BrN2/c15-12-7-4-5-9-14(12)17-13-8-3-1-2-6-11(13)10-16/h4-5,7,9,11,13,17H,1-3,6,8H2. The Morgan fingerprint density at radius 1 is 1.18 bits per heavy atom. The third-order valence-electron chi connectivity index (χ3n) is 3.40. The van der Waals surface area contributed by atoms with Crippen molar-refractivity contribution in [3.8, 4) is 6.07 Å². The van der Waals surface area contributed by atoms with Gasteiger partial charge in [0.1, 0.15) is 0 Å². The van der Waals surface area contributed by atoms with E-state index in [-0.39, 0.29) is 5.92 Å². The topological polar surface area (TPSA) is 35.8 Å². The molecule has 3 heteroatoms. The predicted molar refractivity (Wildman–Crippen MR) is 73.7 cm³/mol. The summed E-state index contributed by atoms with van der Waals surface area (Å²) in [6, 6.07) is 10.9. The van der Waals surface area contributed by atoms with Crippen molar-refractivity contribution in [3.05, 3.63) is 28.7 Å². The van der Waals surface area contributed by atoms with Crippen LogP contribution in [0.25, 0.3) is 0 Å². The molecule has 0 spiro atoms. The van der Waals surface area contributed by atoms with Gasteiger partial charge in [-0.2, -0.15) is 5.26 Å². The van der Waals surface area contributed by atoms with Crippen molar-refractivity contribution >= 4 is 21.6 Å². The van der Waals surface area contributed by atoms with E-state index in [1.54, 1.807) is 0 Å². The molecule has 1 fully saturated rings. The Bertz CT molecular complexity index is 411. The zero-order chi connectivity index (χ0) is 12.1. The lowest BCUT2D eigenvalue weighted by Crippen LogP contribution is -2.27. The van der Waals surface area contributed by atoms with Gasteiger partial charge < -0.3 is 5.32 Å². The van der Waals surface area contributed by atoms with Gasteiger partial charge in [-0.15, -0.1) is 0 Å². The minimum Gasteiger partial charge on any atom is -0.380 e. The van der Waals surface area contributed by atoms with Crippen LogP contribution in [-0.4, -0.2) is 6.04 Å². The first-order valence-electron chi connectivity index (χ1n) is 6.22. The van der Waals surface area contributed by atoms with Gasteiger partial charge in [0.25, 0.3) is 0 Å². The van der Waals surface area contributed by atoms with Gasteiger partial charge in [-0.25, -0.2) is 0 Å². The van der Waals surface area contributed by atoms with Crippen LogP contribution in [0.2, 0.25) is 0 Å². The van der Waals surface area contributed by atoms with Gasteiger partial charge in [0.2, 0.25) is 0 Å². The third-order valence-corrected chi connectivity index (χ3v) is 4.09. The first-order chi connectivity index (χ1) is 8.31.